The van der Waals surface area contributed by atoms with Gasteiger partial charge in [-0.2, -0.15) is 0 Å². The van der Waals surface area contributed by atoms with Crippen LogP contribution in [0.5, 0.6) is 0 Å². The van der Waals surface area contributed by atoms with E-state index in [0.717, 1.165) is 89.4 Å². The maximum atomic E-state index is 5.87. The molecule has 8 bridgehead atoms. The quantitative estimate of drug-likeness (QED) is 0.165. The monoisotopic (exact) mass is 1280 g/mol. The molecule has 10 aromatic carbocycles. The summed E-state index contributed by atoms with van der Waals surface area (Å²) in [4.78, 5) is 23.5. The van der Waals surface area contributed by atoms with E-state index >= 15 is 0 Å². The second-order valence-corrected chi connectivity index (χ2v) is 27.9. The summed E-state index contributed by atoms with van der Waals surface area (Å²) in [6.07, 6.45) is 8.88. The predicted molar refractivity (Wildman–Crippen MR) is 361 cm³/mol. The average molecular weight is 1280 g/mol. The normalized spacial score (nSPS) is 13.2. The van der Waals surface area contributed by atoms with Gasteiger partial charge in [-0.25, -0.2) is 9.97 Å². The molecule has 0 amide bonds. The second-order valence-electron chi connectivity index (χ2n) is 27.9. The number of fused-ring (bicyclic) bond motifs is 8. The first-order chi connectivity index (χ1) is 40.1. The number of hydrogen-bond acceptors (Lipinski definition) is 2. The van der Waals surface area contributed by atoms with Crippen LogP contribution in [0.15, 0.2) is 170 Å². The molecule has 85 heavy (non-hydrogen) atoms. The Labute approximate surface area is 512 Å². The SMILES string of the molecule is CC(C)(C)c1cc(-c2c3nc(c(-c4ccc5ccc6cccc7ccc4c5c67)c4ccc([n-]4)c(-c4cc(C(C)(C)C)cc(C(C)(C)C)c4)c4nc(c(-c5ccc6ccc7cccc8ccc5c6c78)c5ccc2[n-]5)C=C4)C=C3)cc(C(C)(C)C)c1.[Pt+2]. The van der Waals surface area contributed by atoms with Crippen molar-refractivity contribution in [2.75, 3.05) is 0 Å². The molecule has 0 radical (unpaired) electrons. The first-order valence-corrected chi connectivity index (χ1v) is 29.8. The van der Waals surface area contributed by atoms with Gasteiger partial charge in [0.2, 0.25) is 0 Å². The summed E-state index contributed by atoms with van der Waals surface area (Å²) in [7, 11) is 0. The van der Waals surface area contributed by atoms with Crippen molar-refractivity contribution in [3.8, 4) is 44.5 Å². The Balaban J connectivity index is 0.00000640. The maximum Gasteiger partial charge on any atom is 2.00 e. The second kappa shape index (κ2) is 19.3. The largest absolute Gasteiger partial charge is 2.00 e. The van der Waals surface area contributed by atoms with Crippen LogP contribution in [-0.4, -0.2) is 9.97 Å². The van der Waals surface area contributed by atoms with Gasteiger partial charge >= 0.3 is 21.1 Å². The molecule has 15 rings (SSSR count). The minimum atomic E-state index is -0.128. The van der Waals surface area contributed by atoms with Crippen molar-refractivity contribution >= 4 is 111 Å². The van der Waals surface area contributed by atoms with Crippen molar-refractivity contribution < 1.29 is 21.1 Å². The third kappa shape index (κ3) is 8.97. The summed E-state index contributed by atoms with van der Waals surface area (Å²) < 4.78 is 0. The number of aromatic nitrogens is 4. The Hall–Kier alpha value is -8.43. The molecule has 4 nitrogen and oxygen atoms in total. The van der Waals surface area contributed by atoms with E-state index in [2.05, 4.69) is 277 Å². The van der Waals surface area contributed by atoms with Crippen LogP contribution in [0.2, 0.25) is 0 Å². The molecule has 0 saturated carbocycles. The van der Waals surface area contributed by atoms with Gasteiger partial charge in [-0.15, -0.1) is 22.1 Å². The maximum absolute atomic E-state index is 5.87. The number of nitrogens with zero attached hydrogens (tertiary/aromatic N) is 4. The van der Waals surface area contributed by atoms with Crippen molar-refractivity contribution in [2.24, 2.45) is 0 Å². The van der Waals surface area contributed by atoms with E-state index in [0.29, 0.717) is 0 Å². The summed E-state index contributed by atoms with van der Waals surface area (Å²) in [5, 5.41) is 14.7. The van der Waals surface area contributed by atoms with Gasteiger partial charge in [-0.1, -0.05) is 253 Å². The Morgan fingerprint density at radius 2 is 0.553 bits per heavy atom. The van der Waals surface area contributed by atoms with Crippen molar-refractivity contribution in [2.45, 2.75) is 105 Å². The summed E-state index contributed by atoms with van der Waals surface area (Å²) in [6.45, 7) is 27.7. The van der Waals surface area contributed by atoms with Crippen LogP contribution in [0.4, 0.5) is 0 Å². The van der Waals surface area contributed by atoms with E-state index in [1.165, 1.54) is 86.9 Å². The van der Waals surface area contributed by atoms with Crippen molar-refractivity contribution in [1.82, 2.24) is 19.9 Å². The standard InChI is InChI=1S/C80H68N4.Pt/c1-77(2,3)53-39-51(40-54(43-53)78(4,5)6)73-61-31-35-65(81-61)75(59-29-25-49-21-19-45-15-13-17-47-23-27-57(59)71(49)69(45)47)67-37-33-63(83-67)74(52-41-55(79(7,8)9)44-56(42-52)80(10,11)12)64-34-38-68(84-64)76(66-36-32-62(73)82-66)60-30-26-50-22-20-46-16-14-18-48-24-28-58(60)72(50)70(46)48;/h13-44H,1-12H3;/q-2;+2. The van der Waals surface area contributed by atoms with Crippen LogP contribution in [-0.2, 0) is 42.7 Å². The molecule has 5 heterocycles. The molecule has 13 aromatic rings. The molecule has 0 N–H and O–H groups in total. The van der Waals surface area contributed by atoms with E-state index in [4.69, 9.17) is 19.9 Å². The number of rotatable bonds is 4. The fraction of sp³-hybridized carbons (Fsp3) is 0.200. The average Bonchev–Trinajstić information content (AvgIpc) is 1.71. The first kappa shape index (κ1) is 54.5. The van der Waals surface area contributed by atoms with Gasteiger partial charge in [-0.05, 0) is 177 Å². The molecule has 2 aliphatic rings. The van der Waals surface area contributed by atoms with Crippen molar-refractivity contribution in [3.05, 3.63) is 215 Å². The molecule has 0 spiro atoms. The summed E-state index contributed by atoms with van der Waals surface area (Å²) >= 11 is 0. The van der Waals surface area contributed by atoms with Gasteiger partial charge in [0, 0.05) is 0 Å². The van der Waals surface area contributed by atoms with E-state index in [1.807, 2.05) is 0 Å². The molecule has 0 fully saturated rings. The third-order valence-corrected chi connectivity index (χ3v) is 18.1. The smallest absolute Gasteiger partial charge is 0.657 e. The molecule has 0 aliphatic carbocycles. The zero-order valence-corrected chi connectivity index (χ0v) is 52.9. The van der Waals surface area contributed by atoms with Crippen LogP contribution in [0.3, 0.4) is 0 Å². The fourth-order valence-electron chi connectivity index (χ4n) is 13.4. The summed E-state index contributed by atoms with van der Waals surface area (Å²) in [5.74, 6) is 0. The van der Waals surface area contributed by atoms with Crippen molar-refractivity contribution in [3.63, 3.8) is 0 Å². The summed E-state index contributed by atoms with van der Waals surface area (Å²) in [5.41, 5.74) is 19.6. The van der Waals surface area contributed by atoms with Gasteiger partial charge in [0.1, 0.15) is 0 Å². The summed E-state index contributed by atoms with van der Waals surface area (Å²) in [6, 6.07) is 63.9. The van der Waals surface area contributed by atoms with E-state index < -0.39 is 0 Å². The van der Waals surface area contributed by atoms with Crippen LogP contribution >= 0.6 is 0 Å². The molecule has 2 aliphatic heterocycles. The van der Waals surface area contributed by atoms with Gasteiger partial charge in [-0.3, -0.25) is 0 Å². The predicted octanol–water partition coefficient (Wildman–Crippen LogP) is 21.6. The molecular formula is C80H68N4Pt. The molecule has 0 atom stereocenters. The van der Waals surface area contributed by atoms with Crippen LogP contribution < -0.4 is 9.97 Å². The zero-order valence-electron chi connectivity index (χ0n) is 50.6. The minimum absolute atomic E-state index is 0. The zero-order chi connectivity index (χ0) is 57.9. The van der Waals surface area contributed by atoms with Crippen LogP contribution in [0, 0.1) is 0 Å². The van der Waals surface area contributed by atoms with Crippen molar-refractivity contribution in [1.29, 1.82) is 0 Å². The number of benzene rings is 10. The Morgan fingerprint density at radius 1 is 0.282 bits per heavy atom. The molecule has 3 aromatic heterocycles. The van der Waals surface area contributed by atoms with Gasteiger partial charge in [0.05, 0.1) is 22.8 Å². The first-order valence-electron chi connectivity index (χ1n) is 29.8. The molecule has 0 unspecified atom stereocenters. The van der Waals surface area contributed by atoms with Crippen LogP contribution in [0.1, 0.15) is 128 Å². The van der Waals surface area contributed by atoms with Crippen LogP contribution in [0.25, 0.3) is 156 Å². The molecule has 418 valence electrons. The molecular weight excluding hydrogens is 1210 g/mol. The molecule has 0 saturated heterocycles. The van der Waals surface area contributed by atoms with Gasteiger partial charge in [0.15, 0.2) is 0 Å². The Bertz CT molecular complexity index is 4750. The Kier molecular flexibility index (Phi) is 12.4. The van der Waals surface area contributed by atoms with E-state index in [1.54, 1.807) is 0 Å². The topological polar surface area (TPSA) is 54.0 Å². The minimum Gasteiger partial charge on any atom is -0.657 e. The van der Waals surface area contributed by atoms with E-state index in [-0.39, 0.29) is 42.7 Å². The Morgan fingerprint density at radius 3 is 0.871 bits per heavy atom. The van der Waals surface area contributed by atoms with Gasteiger partial charge in [0.25, 0.3) is 0 Å². The molecule has 5 heteroatoms. The van der Waals surface area contributed by atoms with E-state index in [9.17, 15) is 0 Å². The fourth-order valence-corrected chi connectivity index (χ4v) is 13.4. The number of hydrogen-bond donors (Lipinski definition) is 0. The van der Waals surface area contributed by atoms with Gasteiger partial charge < -0.3 is 9.97 Å². The third-order valence-electron chi connectivity index (χ3n) is 18.1.